The van der Waals surface area contributed by atoms with Gasteiger partial charge in [-0.05, 0) is 71.8 Å². The maximum Gasteiger partial charge on any atom is 0.271 e. The maximum atomic E-state index is 12.1. The van der Waals surface area contributed by atoms with Crippen LogP contribution in [-0.4, -0.2) is 25.3 Å². The fraction of sp³-hybridized carbons (Fsp3) is 0.263. The molecule has 0 aromatic heterocycles. The number of ether oxygens (including phenoxy) is 2. The molecule has 2 aromatic rings. The second-order valence-electron chi connectivity index (χ2n) is 5.58. The van der Waals surface area contributed by atoms with Crippen LogP contribution in [0, 0.1) is 3.57 Å². The van der Waals surface area contributed by atoms with E-state index >= 15 is 0 Å². The predicted molar refractivity (Wildman–Crippen MR) is 113 cm³/mol. The molecular formula is C19H20ClIN2O3. The van der Waals surface area contributed by atoms with Crippen molar-refractivity contribution < 1.29 is 14.3 Å². The Morgan fingerprint density at radius 2 is 2.15 bits per heavy atom. The number of hydrogen-bond donors (Lipinski definition) is 1. The number of halogens is 2. The van der Waals surface area contributed by atoms with Gasteiger partial charge in [0.2, 0.25) is 0 Å². The second kappa shape index (κ2) is 9.78. The summed E-state index contributed by atoms with van der Waals surface area (Å²) in [5, 5.41) is 4.41. The van der Waals surface area contributed by atoms with Gasteiger partial charge in [0.05, 0.1) is 24.5 Å². The van der Waals surface area contributed by atoms with Gasteiger partial charge in [-0.25, -0.2) is 5.43 Å². The molecule has 0 spiro atoms. The molecule has 2 rings (SSSR count). The Hall–Kier alpha value is -1.80. The number of carbonyl (C=O) groups is 1. The van der Waals surface area contributed by atoms with Crippen molar-refractivity contribution in [2.24, 2.45) is 5.10 Å². The van der Waals surface area contributed by atoms with Crippen LogP contribution in [0.1, 0.15) is 36.2 Å². The van der Waals surface area contributed by atoms with E-state index in [2.05, 4.69) is 33.1 Å². The number of nitrogens with zero attached hydrogens (tertiary/aromatic N) is 1. The summed E-state index contributed by atoms with van der Waals surface area (Å²) in [6.07, 6.45) is 2.38. The SMILES string of the molecule is CC[C@H](C)Oc1c(Cl)cc(/C=N\NC(=O)c2cccc(I)c2)cc1OC. The summed E-state index contributed by atoms with van der Waals surface area (Å²) in [4.78, 5) is 12.1. The molecule has 0 unspecified atom stereocenters. The average molecular weight is 487 g/mol. The minimum Gasteiger partial charge on any atom is -0.493 e. The standard InChI is InChI=1S/C19H20ClIN2O3/c1-4-12(2)26-18-16(20)8-13(9-17(18)25-3)11-22-23-19(24)14-6-5-7-15(21)10-14/h5-12H,4H2,1-3H3,(H,23,24)/b22-11-/t12-/m0/s1. The maximum absolute atomic E-state index is 12.1. The van der Waals surface area contributed by atoms with Crippen molar-refractivity contribution in [3.63, 3.8) is 0 Å². The lowest BCUT2D eigenvalue weighted by Gasteiger charge is -2.17. The lowest BCUT2D eigenvalue weighted by molar-refractivity contribution is 0.0955. The first-order valence-electron chi connectivity index (χ1n) is 8.07. The average Bonchev–Trinajstić information content (AvgIpc) is 2.63. The van der Waals surface area contributed by atoms with Gasteiger partial charge in [0.1, 0.15) is 0 Å². The van der Waals surface area contributed by atoms with Crippen LogP contribution in [0.2, 0.25) is 5.02 Å². The van der Waals surface area contributed by atoms with Crippen molar-refractivity contribution in [3.05, 3.63) is 56.1 Å². The Labute approximate surface area is 171 Å². The van der Waals surface area contributed by atoms with E-state index in [-0.39, 0.29) is 12.0 Å². The molecule has 1 amide bonds. The Morgan fingerprint density at radius 3 is 2.81 bits per heavy atom. The topological polar surface area (TPSA) is 59.9 Å². The summed E-state index contributed by atoms with van der Waals surface area (Å²) in [6.45, 7) is 3.99. The fourth-order valence-corrected chi connectivity index (χ4v) is 2.88. The molecule has 0 bridgehead atoms. The number of rotatable bonds is 7. The van der Waals surface area contributed by atoms with Crippen LogP contribution in [0.4, 0.5) is 0 Å². The highest BCUT2D eigenvalue weighted by Crippen LogP contribution is 2.37. The van der Waals surface area contributed by atoms with E-state index in [9.17, 15) is 4.79 Å². The molecule has 1 N–H and O–H groups in total. The van der Waals surface area contributed by atoms with Crippen LogP contribution in [0.5, 0.6) is 11.5 Å². The van der Waals surface area contributed by atoms with Gasteiger partial charge in [-0.1, -0.05) is 24.6 Å². The third-order valence-corrected chi connectivity index (χ3v) is 4.56. The van der Waals surface area contributed by atoms with Crippen molar-refractivity contribution in [2.75, 3.05) is 7.11 Å². The number of nitrogens with one attached hydrogen (secondary N) is 1. The van der Waals surface area contributed by atoms with E-state index in [4.69, 9.17) is 21.1 Å². The minimum atomic E-state index is -0.283. The molecule has 0 radical (unpaired) electrons. The number of amides is 1. The molecule has 0 aliphatic rings. The molecule has 0 aliphatic heterocycles. The Morgan fingerprint density at radius 1 is 1.38 bits per heavy atom. The molecule has 7 heteroatoms. The fourth-order valence-electron chi connectivity index (χ4n) is 2.07. The van der Waals surface area contributed by atoms with Crippen LogP contribution in [0.3, 0.4) is 0 Å². The summed E-state index contributed by atoms with van der Waals surface area (Å²) >= 11 is 8.47. The highest BCUT2D eigenvalue weighted by molar-refractivity contribution is 14.1. The van der Waals surface area contributed by atoms with E-state index in [1.807, 2.05) is 26.0 Å². The van der Waals surface area contributed by atoms with Gasteiger partial charge in [0.25, 0.3) is 5.91 Å². The Balaban J connectivity index is 2.12. The van der Waals surface area contributed by atoms with Gasteiger partial charge in [0, 0.05) is 9.13 Å². The summed E-state index contributed by atoms with van der Waals surface area (Å²) in [7, 11) is 1.55. The summed E-state index contributed by atoms with van der Waals surface area (Å²) in [5.41, 5.74) is 3.73. The number of hydrogen-bond acceptors (Lipinski definition) is 4. The van der Waals surface area contributed by atoms with Gasteiger partial charge in [-0.3, -0.25) is 4.79 Å². The van der Waals surface area contributed by atoms with Crippen LogP contribution in [0.15, 0.2) is 41.5 Å². The van der Waals surface area contributed by atoms with E-state index in [0.29, 0.717) is 27.6 Å². The third-order valence-electron chi connectivity index (χ3n) is 3.61. The second-order valence-corrected chi connectivity index (χ2v) is 7.23. The third kappa shape index (κ3) is 5.60. The summed E-state index contributed by atoms with van der Waals surface area (Å²) in [5.74, 6) is 0.737. The van der Waals surface area contributed by atoms with Crippen LogP contribution < -0.4 is 14.9 Å². The van der Waals surface area contributed by atoms with E-state index in [1.165, 1.54) is 6.21 Å². The van der Waals surface area contributed by atoms with Crippen molar-refractivity contribution >= 4 is 46.3 Å². The number of benzene rings is 2. The van der Waals surface area contributed by atoms with Crippen LogP contribution in [-0.2, 0) is 0 Å². The first-order valence-corrected chi connectivity index (χ1v) is 9.53. The number of carbonyl (C=O) groups excluding carboxylic acids is 1. The molecule has 1 atom stereocenters. The zero-order valence-corrected chi connectivity index (χ0v) is 17.7. The van der Waals surface area contributed by atoms with Gasteiger partial charge >= 0.3 is 0 Å². The quantitative estimate of drug-likeness (QED) is 0.344. The molecule has 26 heavy (non-hydrogen) atoms. The lowest BCUT2D eigenvalue weighted by Crippen LogP contribution is -2.17. The molecule has 5 nitrogen and oxygen atoms in total. The Kier molecular flexibility index (Phi) is 7.71. The number of methoxy groups -OCH3 is 1. The van der Waals surface area contributed by atoms with E-state index in [1.54, 1.807) is 31.4 Å². The van der Waals surface area contributed by atoms with Gasteiger partial charge in [0.15, 0.2) is 11.5 Å². The predicted octanol–water partition coefficient (Wildman–Crippen LogP) is 4.89. The van der Waals surface area contributed by atoms with E-state index in [0.717, 1.165) is 9.99 Å². The lowest BCUT2D eigenvalue weighted by atomic mass is 10.2. The smallest absolute Gasteiger partial charge is 0.271 e. The monoisotopic (exact) mass is 486 g/mol. The zero-order valence-electron chi connectivity index (χ0n) is 14.8. The minimum absolute atomic E-state index is 0.0221. The normalized spacial score (nSPS) is 12.0. The van der Waals surface area contributed by atoms with Gasteiger partial charge in [-0.2, -0.15) is 5.10 Å². The van der Waals surface area contributed by atoms with E-state index < -0.39 is 0 Å². The number of hydrazone groups is 1. The van der Waals surface area contributed by atoms with Crippen molar-refractivity contribution in [1.29, 1.82) is 0 Å². The zero-order chi connectivity index (χ0) is 19.1. The first-order chi connectivity index (χ1) is 12.4. The largest absolute Gasteiger partial charge is 0.493 e. The molecule has 2 aromatic carbocycles. The molecule has 0 heterocycles. The van der Waals surface area contributed by atoms with Gasteiger partial charge in [-0.15, -0.1) is 0 Å². The van der Waals surface area contributed by atoms with Crippen molar-refractivity contribution in [1.82, 2.24) is 5.43 Å². The van der Waals surface area contributed by atoms with Crippen LogP contribution in [0.25, 0.3) is 0 Å². The molecule has 0 fully saturated rings. The summed E-state index contributed by atoms with van der Waals surface area (Å²) < 4.78 is 12.2. The van der Waals surface area contributed by atoms with Crippen LogP contribution >= 0.6 is 34.2 Å². The molecule has 0 saturated heterocycles. The molecular weight excluding hydrogens is 467 g/mol. The van der Waals surface area contributed by atoms with Crippen molar-refractivity contribution in [3.8, 4) is 11.5 Å². The molecule has 0 aliphatic carbocycles. The highest BCUT2D eigenvalue weighted by Gasteiger charge is 2.14. The molecule has 0 saturated carbocycles. The van der Waals surface area contributed by atoms with Crippen molar-refractivity contribution in [2.45, 2.75) is 26.4 Å². The highest BCUT2D eigenvalue weighted by atomic mass is 127. The van der Waals surface area contributed by atoms with Gasteiger partial charge < -0.3 is 9.47 Å². The summed E-state index contributed by atoms with van der Waals surface area (Å²) in [6, 6.07) is 10.7. The first kappa shape index (κ1) is 20.5. The Bertz CT molecular complexity index is 811. The molecule has 138 valence electrons.